The standard InChI is InChI=1S/C3H11N3S/c1-7-3-2-6(4)5/h2-5H2,1H3. The second-order valence-corrected chi connectivity index (χ2v) is 2.22. The lowest BCUT2D eigenvalue weighted by atomic mass is 10.8. The molecule has 7 heavy (non-hydrogen) atoms. The fraction of sp³-hybridized carbons (Fsp3) is 1.00. The van der Waals surface area contributed by atoms with Gasteiger partial charge in [-0.2, -0.15) is 16.9 Å². The minimum atomic E-state index is 0.751. The summed E-state index contributed by atoms with van der Waals surface area (Å²) in [5, 5.41) is 1.19. The van der Waals surface area contributed by atoms with Crippen LogP contribution in [0.1, 0.15) is 0 Å². The van der Waals surface area contributed by atoms with Crippen LogP contribution in [0, 0.1) is 0 Å². The molecule has 0 aliphatic heterocycles. The van der Waals surface area contributed by atoms with Crippen molar-refractivity contribution in [2.24, 2.45) is 11.7 Å². The van der Waals surface area contributed by atoms with E-state index in [1.54, 1.807) is 11.8 Å². The number of hydrogen-bond donors (Lipinski definition) is 2. The Morgan fingerprint density at radius 3 is 2.29 bits per heavy atom. The van der Waals surface area contributed by atoms with Crippen molar-refractivity contribution in [2.75, 3.05) is 18.6 Å². The van der Waals surface area contributed by atoms with Crippen molar-refractivity contribution in [3.8, 4) is 0 Å². The van der Waals surface area contributed by atoms with Crippen LogP contribution in [0.4, 0.5) is 0 Å². The molecule has 0 spiro atoms. The van der Waals surface area contributed by atoms with Crippen molar-refractivity contribution in [1.82, 2.24) is 5.12 Å². The molecule has 3 nitrogen and oxygen atoms in total. The topological polar surface area (TPSA) is 55.3 Å². The third-order valence-corrected chi connectivity index (χ3v) is 1.14. The first kappa shape index (κ1) is 7.23. The van der Waals surface area contributed by atoms with Gasteiger partial charge in [0.2, 0.25) is 0 Å². The van der Waals surface area contributed by atoms with E-state index in [-0.39, 0.29) is 0 Å². The van der Waals surface area contributed by atoms with Crippen molar-refractivity contribution >= 4 is 11.8 Å². The Balaban J connectivity index is 2.68. The van der Waals surface area contributed by atoms with Crippen LogP contribution in [-0.2, 0) is 0 Å². The summed E-state index contributed by atoms with van der Waals surface area (Å²) in [6.45, 7) is 0.751. The van der Waals surface area contributed by atoms with E-state index in [2.05, 4.69) is 0 Å². The fourth-order valence-corrected chi connectivity index (χ4v) is 0.590. The second-order valence-electron chi connectivity index (χ2n) is 1.23. The third-order valence-electron chi connectivity index (χ3n) is 0.554. The molecule has 0 rings (SSSR count). The van der Waals surface area contributed by atoms with Gasteiger partial charge in [-0.1, -0.05) is 0 Å². The Morgan fingerprint density at radius 2 is 2.14 bits per heavy atom. The van der Waals surface area contributed by atoms with Gasteiger partial charge >= 0.3 is 0 Å². The first-order chi connectivity index (χ1) is 3.27. The highest BCUT2D eigenvalue weighted by Crippen LogP contribution is 1.87. The van der Waals surface area contributed by atoms with Crippen molar-refractivity contribution in [3.05, 3.63) is 0 Å². The summed E-state index contributed by atoms with van der Waals surface area (Å²) in [6, 6.07) is 0. The molecule has 0 heterocycles. The summed E-state index contributed by atoms with van der Waals surface area (Å²) in [7, 11) is 0. The van der Waals surface area contributed by atoms with E-state index >= 15 is 0 Å². The molecule has 0 saturated heterocycles. The summed E-state index contributed by atoms with van der Waals surface area (Å²) in [5.41, 5.74) is 0. The number of hydrogen-bond acceptors (Lipinski definition) is 4. The van der Waals surface area contributed by atoms with Crippen LogP contribution in [0.5, 0.6) is 0 Å². The maximum atomic E-state index is 5.08. The summed E-state index contributed by atoms with van der Waals surface area (Å²) < 4.78 is 0. The second kappa shape index (κ2) is 4.39. The fourth-order valence-electron chi connectivity index (χ4n) is 0.197. The lowest BCUT2D eigenvalue weighted by molar-refractivity contribution is 0.314. The number of thioether (sulfide) groups is 1. The van der Waals surface area contributed by atoms with Crippen LogP contribution >= 0.6 is 11.8 Å². The molecular weight excluding hydrogens is 110 g/mol. The van der Waals surface area contributed by atoms with Crippen molar-refractivity contribution < 1.29 is 0 Å². The van der Waals surface area contributed by atoms with E-state index < -0.39 is 0 Å². The highest BCUT2D eigenvalue weighted by Gasteiger charge is 1.84. The van der Waals surface area contributed by atoms with Crippen LogP contribution < -0.4 is 11.7 Å². The van der Waals surface area contributed by atoms with Gasteiger partial charge in [0.05, 0.1) is 0 Å². The monoisotopic (exact) mass is 121 g/mol. The molecule has 4 N–H and O–H groups in total. The van der Waals surface area contributed by atoms with Crippen molar-refractivity contribution in [2.45, 2.75) is 0 Å². The van der Waals surface area contributed by atoms with Gasteiger partial charge in [-0.25, -0.2) is 0 Å². The predicted octanol–water partition coefficient (Wildman–Crippen LogP) is -0.601. The van der Waals surface area contributed by atoms with Gasteiger partial charge in [-0.3, -0.25) is 11.7 Å². The smallest absolute Gasteiger partial charge is 0.0374 e. The Morgan fingerprint density at radius 1 is 1.57 bits per heavy atom. The number of nitrogens with two attached hydrogens (primary N) is 2. The lowest BCUT2D eigenvalue weighted by Gasteiger charge is -2.05. The highest BCUT2D eigenvalue weighted by atomic mass is 32.2. The predicted molar refractivity (Wildman–Crippen MR) is 33.5 cm³/mol. The zero-order valence-corrected chi connectivity index (χ0v) is 5.24. The summed E-state index contributed by atoms with van der Waals surface area (Å²) in [4.78, 5) is 0. The molecule has 0 unspecified atom stereocenters. The number of nitrogens with zero attached hydrogens (tertiary/aromatic N) is 1. The molecule has 44 valence electrons. The normalized spacial score (nSPS) is 10.3. The molecule has 0 saturated carbocycles. The molecule has 0 atom stereocenters. The Hall–Kier alpha value is 0.230. The molecule has 0 fully saturated rings. The molecule has 0 amide bonds. The Kier molecular flexibility index (Phi) is 4.53. The first-order valence-electron chi connectivity index (χ1n) is 2.03. The van der Waals surface area contributed by atoms with Gasteiger partial charge in [-0.05, 0) is 6.26 Å². The maximum absolute atomic E-state index is 5.08. The van der Waals surface area contributed by atoms with E-state index in [1.165, 1.54) is 5.12 Å². The average Bonchev–Trinajstić information content (AvgIpc) is 1.61. The molecule has 0 aromatic carbocycles. The molecule has 0 bridgehead atoms. The first-order valence-corrected chi connectivity index (χ1v) is 3.42. The minimum absolute atomic E-state index is 0.751. The summed E-state index contributed by atoms with van der Waals surface area (Å²) in [5.74, 6) is 11.1. The van der Waals surface area contributed by atoms with Gasteiger partial charge in [0.1, 0.15) is 0 Å². The van der Waals surface area contributed by atoms with Gasteiger partial charge < -0.3 is 0 Å². The maximum Gasteiger partial charge on any atom is 0.0374 e. The zero-order valence-electron chi connectivity index (χ0n) is 4.42. The summed E-state index contributed by atoms with van der Waals surface area (Å²) in [6.07, 6.45) is 2.02. The molecule has 4 heteroatoms. The van der Waals surface area contributed by atoms with Crippen molar-refractivity contribution in [3.63, 3.8) is 0 Å². The van der Waals surface area contributed by atoms with Gasteiger partial charge in [-0.15, -0.1) is 0 Å². The van der Waals surface area contributed by atoms with E-state index in [9.17, 15) is 0 Å². The number of rotatable bonds is 3. The SMILES string of the molecule is CSCCN(N)N. The van der Waals surface area contributed by atoms with Crippen LogP contribution in [0.25, 0.3) is 0 Å². The van der Waals surface area contributed by atoms with Crippen LogP contribution in [0.2, 0.25) is 0 Å². The highest BCUT2D eigenvalue weighted by molar-refractivity contribution is 7.98. The van der Waals surface area contributed by atoms with Crippen LogP contribution in [0.15, 0.2) is 0 Å². The van der Waals surface area contributed by atoms with Crippen LogP contribution in [0.3, 0.4) is 0 Å². The quantitative estimate of drug-likeness (QED) is 0.386. The minimum Gasteiger partial charge on any atom is -0.255 e. The largest absolute Gasteiger partial charge is 0.255 e. The Bertz CT molecular complexity index is 39.2. The Labute approximate surface area is 48.0 Å². The van der Waals surface area contributed by atoms with E-state index in [0.717, 1.165) is 12.3 Å². The van der Waals surface area contributed by atoms with Gasteiger partial charge in [0.25, 0.3) is 0 Å². The number of hydrazine groups is 2. The lowest BCUT2D eigenvalue weighted by Crippen LogP contribution is -2.39. The molecule has 0 aromatic heterocycles. The summed E-state index contributed by atoms with van der Waals surface area (Å²) >= 11 is 1.73. The third kappa shape index (κ3) is 6.23. The van der Waals surface area contributed by atoms with E-state index in [4.69, 9.17) is 11.7 Å². The molecule has 0 aliphatic carbocycles. The van der Waals surface area contributed by atoms with Gasteiger partial charge in [0, 0.05) is 12.3 Å². The van der Waals surface area contributed by atoms with Crippen LogP contribution in [-0.4, -0.2) is 23.7 Å². The molecular formula is C3H11N3S. The molecule has 0 radical (unpaired) electrons. The zero-order chi connectivity index (χ0) is 5.70. The molecule has 0 aromatic rings. The average molecular weight is 121 g/mol. The van der Waals surface area contributed by atoms with Crippen molar-refractivity contribution in [1.29, 1.82) is 0 Å². The van der Waals surface area contributed by atoms with Gasteiger partial charge in [0.15, 0.2) is 0 Å². The van der Waals surface area contributed by atoms with E-state index in [0.29, 0.717) is 0 Å². The van der Waals surface area contributed by atoms with E-state index in [1.807, 2.05) is 6.26 Å². The molecule has 0 aliphatic rings.